The summed E-state index contributed by atoms with van der Waals surface area (Å²) in [7, 11) is 0. The van der Waals surface area contributed by atoms with Crippen LogP contribution in [0.2, 0.25) is 0 Å². The number of halogens is 3. The second-order valence-corrected chi connectivity index (χ2v) is 7.18. The van der Waals surface area contributed by atoms with Crippen LogP contribution >= 0.6 is 27.3 Å². The molecule has 9 heteroatoms. The number of carbonyl (C=O) groups excluding carboxylic acids is 1. The van der Waals surface area contributed by atoms with Gasteiger partial charge in [-0.2, -0.15) is 9.78 Å². The molecule has 0 aliphatic rings. The molecule has 3 aromatic heterocycles. The van der Waals surface area contributed by atoms with E-state index in [1.165, 1.54) is 10.7 Å². The number of nitrogens with two attached hydrogens (primary N) is 1. The number of aromatic nitrogens is 3. The minimum atomic E-state index is -2.68. The van der Waals surface area contributed by atoms with Gasteiger partial charge in [0.05, 0.1) is 21.5 Å². The number of fused-ring (bicyclic) bond motifs is 1. The zero-order chi connectivity index (χ0) is 17.8. The van der Waals surface area contributed by atoms with E-state index in [1.807, 2.05) is 0 Å². The van der Waals surface area contributed by atoms with Crippen LogP contribution in [-0.2, 0) is 0 Å². The fourth-order valence-electron chi connectivity index (χ4n) is 2.52. The summed E-state index contributed by atoms with van der Waals surface area (Å²) in [6, 6.07) is 1.30. The number of alkyl halides is 2. The molecule has 0 fully saturated rings. The van der Waals surface area contributed by atoms with Crippen LogP contribution in [0.5, 0.6) is 0 Å². The highest BCUT2D eigenvalue weighted by molar-refractivity contribution is 9.10. The van der Waals surface area contributed by atoms with Crippen LogP contribution < -0.4 is 5.73 Å². The maximum atomic E-state index is 12.9. The molecule has 0 saturated carbocycles. The Labute approximate surface area is 148 Å². The van der Waals surface area contributed by atoms with Gasteiger partial charge < -0.3 is 5.73 Å². The predicted octanol–water partition coefficient (Wildman–Crippen LogP) is 4.39. The third-order valence-corrected chi connectivity index (χ3v) is 5.96. The Hall–Kier alpha value is -1.87. The number of hydrogen-bond acceptors (Lipinski definition) is 5. The van der Waals surface area contributed by atoms with Crippen molar-refractivity contribution in [2.45, 2.75) is 27.2 Å². The van der Waals surface area contributed by atoms with E-state index in [-0.39, 0.29) is 16.3 Å². The molecule has 126 valence electrons. The summed E-state index contributed by atoms with van der Waals surface area (Å²) in [6.07, 6.45) is -2.68. The molecule has 0 spiro atoms. The largest absolute Gasteiger partial charge is 0.397 e. The number of hydrogen-bond donors (Lipinski definition) is 1. The number of rotatable bonds is 2. The lowest BCUT2D eigenvalue weighted by Crippen LogP contribution is -2.15. The van der Waals surface area contributed by atoms with Gasteiger partial charge in [0.2, 0.25) is 0 Å². The summed E-state index contributed by atoms with van der Waals surface area (Å²) in [4.78, 5) is 17.3. The highest BCUT2D eigenvalue weighted by Crippen LogP contribution is 2.37. The standard InChI is InChI=1S/C15H13BrF2N4OS/c1-5-4-8(13(17)18)20-14-9(5)11(19)12(24-14)15(23)22-7(3)10(16)6(2)21-22/h4,13H,19H2,1-3H3. The van der Waals surface area contributed by atoms with Gasteiger partial charge in [0.25, 0.3) is 12.3 Å². The van der Waals surface area contributed by atoms with Gasteiger partial charge in [-0.15, -0.1) is 11.3 Å². The number of pyridine rings is 1. The quantitative estimate of drug-likeness (QED) is 0.674. The van der Waals surface area contributed by atoms with Crippen molar-refractivity contribution >= 4 is 49.1 Å². The topological polar surface area (TPSA) is 73.8 Å². The van der Waals surface area contributed by atoms with E-state index < -0.39 is 12.3 Å². The summed E-state index contributed by atoms with van der Waals surface area (Å²) in [5.74, 6) is -0.403. The Morgan fingerprint density at radius 1 is 1.38 bits per heavy atom. The lowest BCUT2D eigenvalue weighted by molar-refractivity contribution is 0.0947. The van der Waals surface area contributed by atoms with Crippen LogP contribution in [0.1, 0.15) is 38.7 Å². The number of nitrogens with zero attached hydrogens (tertiary/aromatic N) is 3. The van der Waals surface area contributed by atoms with E-state index in [4.69, 9.17) is 5.73 Å². The first-order valence-electron chi connectivity index (χ1n) is 6.96. The summed E-state index contributed by atoms with van der Waals surface area (Å²) < 4.78 is 27.9. The molecule has 0 amide bonds. The van der Waals surface area contributed by atoms with Gasteiger partial charge in [-0.1, -0.05) is 0 Å². The van der Waals surface area contributed by atoms with Crippen molar-refractivity contribution in [1.29, 1.82) is 0 Å². The summed E-state index contributed by atoms with van der Waals surface area (Å²) >= 11 is 4.37. The molecule has 0 atom stereocenters. The molecule has 3 rings (SSSR count). The van der Waals surface area contributed by atoms with Crippen molar-refractivity contribution in [3.63, 3.8) is 0 Å². The van der Waals surface area contributed by atoms with Crippen LogP contribution in [0.4, 0.5) is 14.5 Å². The monoisotopic (exact) mass is 414 g/mol. The zero-order valence-corrected chi connectivity index (χ0v) is 15.4. The van der Waals surface area contributed by atoms with Crippen LogP contribution in [0.15, 0.2) is 10.5 Å². The van der Waals surface area contributed by atoms with Gasteiger partial charge in [-0.25, -0.2) is 13.8 Å². The van der Waals surface area contributed by atoms with Gasteiger partial charge in [-0.3, -0.25) is 4.79 Å². The number of carbonyl (C=O) groups is 1. The van der Waals surface area contributed by atoms with Gasteiger partial charge in [0, 0.05) is 5.39 Å². The molecule has 0 saturated heterocycles. The van der Waals surface area contributed by atoms with Gasteiger partial charge >= 0.3 is 0 Å². The fourth-order valence-corrected chi connectivity index (χ4v) is 3.87. The molecule has 5 nitrogen and oxygen atoms in total. The summed E-state index contributed by atoms with van der Waals surface area (Å²) in [5, 5.41) is 4.73. The van der Waals surface area contributed by atoms with Crippen LogP contribution in [-0.4, -0.2) is 20.7 Å². The van der Waals surface area contributed by atoms with Crippen molar-refractivity contribution in [1.82, 2.24) is 14.8 Å². The van der Waals surface area contributed by atoms with E-state index in [0.29, 0.717) is 27.2 Å². The van der Waals surface area contributed by atoms with E-state index >= 15 is 0 Å². The van der Waals surface area contributed by atoms with E-state index in [0.717, 1.165) is 15.8 Å². The average molecular weight is 415 g/mol. The zero-order valence-electron chi connectivity index (χ0n) is 13.0. The minimum Gasteiger partial charge on any atom is -0.397 e. The normalized spacial score (nSPS) is 11.6. The fraction of sp³-hybridized carbons (Fsp3) is 0.267. The second-order valence-electron chi connectivity index (χ2n) is 5.39. The number of thiophene rings is 1. The first-order valence-corrected chi connectivity index (χ1v) is 8.57. The van der Waals surface area contributed by atoms with E-state index in [2.05, 4.69) is 26.0 Å². The number of aryl methyl sites for hydroxylation is 2. The molecule has 2 N–H and O–H groups in total. The number of nitrogen functional groups attached to an aromatic ring is 1. The first kappa shape index (κ1) is 17.0. The molecule has 0 radical (unpaired) electrons. The summed E-state index contributed by atoms with van der Waals surface area (Å²) in [5.41, 5.74) is 7.92. The Morgan fingerprint density at radius 2 is 2.04 bits per heavy atom. The first-order chi connectivity index (χ1) is 11.2. The van der Waals surface area contributed by atoms with Gasteiger partial charge in [-0.05, 0) is 48.3 Å². The molecule has 0 aliphatic heterocycles. The summed E-state index contributed by atoms with van der Waals surface area (Å²) in [6.45, 7) is 5.20. The Kier molecular flexibility index (Phi) is 4.16. The number of anilines is 1. The van der Waals surface area contributed by atoms with Crippen LogP contribution in [0.3, 0.4) is 0 Å². The maximum absolute atomic E-state index is 12.9. The molecule has 0 unspecified atom stereocenters. The third-order valence-electron chi connectivity index (χ3n) is 3.73. The molecular weight excluding hydrogens is 402 g/mol. The van der Waals surface area contributed by atoms with Crippen LogP contribution in [0, 0.1) is 20.8 Å². The molecule has 0 aliphatic carbocycles. The minimum absolute atomic E-state index is 0.241. The molecule has 3 aromatic rings. The second kappa shape index (κ2) is 5.89. The lowest BCUT2D eigenvalue weighted by atomic mass is 10.1. The Morgan fingerprint density at radius 3 is 2.58 bits per heavy atom. The highest BCUT2D eigenvalue weighted by atomic mass is 79.9. The molecule has 0 aromatic carbocycles. The van der Waals surface area contributed by atoms with Crippen molar-refractivity contribution in [2.75, 3.05) is 5.73 Å². The smallest absolute Gasteiger partial charge is 0.290 e. The van der Waals surface area contributed by atoms with Gasteiger partial charge in [0.15, 0.2) is 0 Å². The van der Waals surface area contributed by atoms with Crippen molar-refractivity contribution in [3.05, 3.63) is 38.1 Å². The van der Waals surface area contributed by atoms with E-state index in [9.17, 15) is 13.6 Å². The molecule has 3 heterocycles. The third kappa shape index (κ3) is 2.51. The van der Waals surface area contributed by atoms with Crippen molar-refractivity contribution in [2.24, 2.45) is 0 Å². The van der Waals surface area contributed by atoms with E-state index in [1.54, 1.807) is 20.8 Å². The van der Waals surface area contributed by atoms with Crippen LogP contribution in [0.25, 0.3) is 10.2 Å². The highest BCUT2D eigenvalue weighted by Gasteiger charge is 2.24. The lowest BCUT2D eigenvalue weighted by Gasteiger charge is -2.03. The van der Waals surface area contributed by atoms with Crippen molar-refractivity contribution < 1.29 is 13.6 Å². The maximum Gasteiger partial charge on any atom is 0.290 e. The molecule has 0 bridgehead atoms. The molecular formula is C15H13BrF2N4OS. The van der Waals surface area contributed by atoms with Gasteiger partial charge in [0.1, 0.15) is 15.4 Å². The average Bonchev–Trinajstić information content (AvgIpc) is 2.99. The SMILES string of the molecule is Cc1nn(C(=O)c2sc3nc(C(F)F)cc(C)c3c2N)c(C)c1Br. The predicted molar refractivity (Wildman–Crippen MR) is 92.9 cm³/mol. The Bertz CT molecular complexity index is 980. The Balaban J connectivity index is 2.19. The van der Waals surface area contributed by atoms with Crippen molar-refractivity contribution in [3.8, 4) is 0 Å². The molecule has 24 heavy (non-hydrogen) atoms.